The van der Waals surface area contributed by atoms with Crippen molar-refractivity contribution in [1.29, 1.82) is 0 Å². The number of ether oxygens (including phenoxy) is 1. The third-order valence-electron chi connectivity index (χ3n) is 3.88. The lowest BCUT2D eigenvalue weighted by atomic mass is 10.0. The number of rotatable bonds is 6. The summed E-state index contributed by atoms with van der Waals surface area (Å²) in [7, 11) is 1.71. The van der Waals surface area contributed by atoms with Crippen LogP contribution in [0, 0.1) is 17.3 Å². The molecule has 112 valence electrons. The first kappa shape index (κ1) is 15.6. The van der Waals surface area contributed by atoms with Crippen LogP contribution >= 0.6 is 0 Å². The highest BCUT2D eigenvalue weighted by Crippen LogP contribution is 2.48. The van der Waals surface area contributed by atoms with Crippen LogP contribution in [0.4, 0.5) is 0 Å². The van der Waals surface area contributed by atoms with Crippen molar-refractivity contribution in [2.45, 2.75) is 19.3 Å². The predicted octanol–water partition coefficient (Wildman–Crippen LogP) is 1.54. The average molecular weight is 286 g/mol. The number of amides is 1. The Morgan fingerprint density at radius 1 is 1.48 bits per heavy atom. The Morgan fingerprint density at radius 2 is 2.29 bits per heavy atom. The molecule has 1 aliphatic carbocycles. The third-order valence-corrected chi connectivity index (χ3v) is 3.88. The lowest BCUT2D eigenvalue weighted by Crippen LogP contribution is -2.30. The third kappa shape index (κ3) is 4.59. The molecule has 1 aliphatic rings. The largest absolute Gasteiger partial charge is 0.385 e. The fourth-order valence-corrected chi connectivity index (χ4v) is 2.27. The van der Waals surface area contributed by atoms with Gasteiger partial charge in [-0.1, -0.05) is 17.9 Å². The van der Waals surface area contributed by atoms with Crippen LogP contribution in [-0.4, -0.2) is 32.7 Å². The maximum absolute atomic E-state index is 12.2. The Labute approximate surface area is 126 Å². The number of carbonyl (C=O) groups excluding carboxylic acids is 1. The van der Waals surface area contributed by atoms with Gasteiger partial charge in [0.25, 0.3) is 5.91 Å². The van der Waals surface area contributed by atoms with Gasteiger partial charge in [0, 0.05) is 31.4 Å². The average Bonchev–Trinajstić information content (AvgIpc) is 3.29. The van der Waals surface area contributed by atoms with Crippen molar-refractivity contribution in [3.63, 3.8) is 0 Å². The van der Waals surface area contributed by atoms with E-state index < -0.39 is 0 Å². The van der Waals surface area contributed by atoms with Crippen LogP contribution in [0.5, 0.6) is 0 Å². The van der Waals surface area contributed by atoms with Crippen LogP contribution in [0.15, 0.2) is 24.3 Å². The number of benzene rings is 1. The molecule has 0 spiro atoms. The quantitative estimate of drug-likeness (QED) is 0.780. The van der Waals surface area contributed by atoms with E-state index in [2.05, 4.69) is 17.2 Å². The summed E-state index contributed by atoms with van der Waals surface area (Å²) in [4.78, 5) is 12.2. The van der Waals surface area contributed by atoms with Gasteiger partial charge in [-0.05, 0) is 42.9 Å². The number of nitrogens with one attached hydrogen (secondary N) is 1. The molecule has 1 saturated carbocycles. The summed E-state index contributed by atoms with van der Waals surface area (Å²) >= 11 is 0. The lowest BCUT2D eigenvalue weighted by Gasteiger charge is -2.15. The van der Waals surface area contributed by atoms with Crippen molar-refractivity contribution in [3.05, 3.63) is 35.4 Å². The SMILES string of the molecule is COCCC1(CNC(=O)c2cccc(C#CCN)c2)CC1. The maximum Gasteiger partial charge on any atom is 0.251 e. The van der Waals surface area contributed by atoms with Crippen molar-refractivity contribution < 1.29 is 9.53 Å². The van der Waals surface area contributed by atoms with Gasteiger partial charge in [0.05, 0.1) is 6.54 Å². The van der Waals surface area contributed by atoms with E-state index in [0.29, 0.717) is 18.7 Å². The molecule has 0 radical (unpaired) electrons. The van der Waals surface area contributed by atoms with Crippen molar-refractivity contribution in [3.8, 4) is 11.8 Å². The predicted molar refractivity (Wildman–Crippen MR) is 82.9 cm³/mol. The normalized spacial score (nSPS) is 15.0. The highest BCUT2D eigenvalue weighted by Gasteiger charge is 2.42. The monoisotopic (exact) mass is 286 g/mol. The molecular formula is C17H22N2O2. The topological polar surface area (TPSA) is 64.3 Å². The minimum atomic E-state index is -0.0462. The van der Waals surface area contributed by atoms with E-state index in [-0.39, 0.29) is 11.3 Å². The molecule has 1 aromatic carbocycles. The van der Waals surface area contributed by atoms with E-state index >= 15 is 0 Å². The number of hydrogen-bond acceptors (Lipinski definition) is 3. The molecule has 0 aromatic heterocycles. The van der Waals surface area contributed by atoms with Crippen molar-refractivity contribution in [1.82, 2.24) is 5.32 Å². The molecule has 4 heteroatoms. The van der Waals surface area contributed by atoms with Gasteiger partial charge in [-0.15, -0.1) is 0 Å². The molecule has 0 heterocycles. The van der Waals surface area contributed by atoms with E-state index in [9.17, 15) is 4.79 Å². The lowest BCUT2D eigenvalue weighted by molar-refractivity contribution is 0.0938. The first-order chi connectivity index (χ1) is 10.2. The van der Waals surface area contributed by atoms with E-state index in [1.165, 1.54) is 12.8 Å². The van der Waals surface area contributed by atoms with Crippen LogP contribution in [0.25, 0.3) is 0 Å². The van der Waals surface area contributed by atoms with Gasteiger partial charge in [-0.3, -0.25) is 4.79 Å². The van der Waals surface area contributed by atoms with E-state index in [4.69, 9.17) is 10.5 Å². The molecule has 1 amide bonds. The zero-order chi connectivity index (χ0) is 15.1. The zero-order valence-corrected chi connectivity index (χ0v) is 12.4. The van der Waals surface area contributed by atoms with E-state index in [1.807, 2.05) is 12.1 Å². The Bertz CT molecular complexity index is 553. The zero-order valence-electron chi connectivity index (χ0n) is 12.4. The van der Waals surface area contributed by atoms with Crippen molar-refractivity contribution >= 4 is 5.91 Å². The highest BCUT2D eigenvalue weighted by molar-refractivity contribution is 5.94. The molecule has 4 nitrogen and oxygen atoms in total. The Hall–Kier alpha value is -1.83. The summed E-state index contributed by atoms with van der Waals surface area (Å²) in [6, 6.07) is 7.32. The van der Waals surface area contributed by atoms with Crippen LogP contribution in [0.3, 0.4) is 0 Å². The molecule has 0 aliphatic heterocycles. The molecule has 2 rings (SSSR count). The maximum atomic E-state index is 12.2. The van der Waals surface area contributed by atoms with E-state index in [1.54, 1.807) is 19.2 Å². The molecule has 0 unspecified atom stereocenters. The smallest absolute Gasteiger partial charge is 0.251 e. The first-order valence-corrected chi connectivity index (χ1v) is 7.25. The number of hydrogen-bond donors (Lipinski definition) is 2. The summed E-state index contributed by atoms with van der Waals surface area (Å²) in [6.07, 6.45) is 3.34. The summed E-state index contributed by atoms with van der Waals surface area (Å²) in [5.41, 5.74) is 7.06. The van der Waals surface area contributed by atoms with Crippen LogP contribution in [0.1, 0.15) is 35.2 Å². The van der Waals surface area contributed by atoms with Crippen molar-refractivity contribution in [2.24, 2.45) is 11.1 Å². The fraction of sp³-hybridized carbons (Fsp3) is 0.471. The van der Waals surface area contributed by atoms with Crippen LogP contribution < -0.4 is 11.1 Å². The van der Waals surface area contributed by atoms with Crippen LogP contribution in [0.2, 0.25) is 0 Å². The first-order valence-electron chi connectivity index (χ1n) is 7.25. The van der Waals surface area contributed by atoms with Gasteiger partial charge in [0.1, 0.15) is 0 Å². The van der Waals surface area contributed by atoms with Gasteiger partial charge in [-0.2, -0.15) is 0 Å². The summed E-state index contributed by atoms with van der Waals surface area (Å²) in [5, 5.41) is 3.03. The molecule has 0 atom stereocenters. The molecule has 21 heavy (non-hydrogen) atoms. The van der Waals surface area contributed by atoms with Crippen LogP contribution in [-0.2, 0) is 4.74 Å². The Kier molecular flexibility index (Phi) is 5.38. The summed E-state index contributed by atoms with van der Waals surface area (Å²) in [5.74, 6) is 5.69. The standard InChI is InChI=1S/C17H22N2O2/c1-21-11-9-17(7-8-17)13-19-16(20)15-6-2-4-14(12-15)5-3-10-18/h2,4,6,12H,7-11,13,18H2,1H3,(H,19,20). The Morgan fingerprint density at radius 3 is 2.95 bits per heavy atom. The van der Waals surface area contributed by atoms with Gasteiger partial charge in [-0.25, -0.2) is 0 Å². The second-order valence-corrected chi connectivity index (χ2v) is 5.51. The summed E-state index contributed by atoms with van der Waals surface area (Å²) in [6.45, 7) is 1.78. The molecule has 3 N–H and O–H groups in total. The molecular weight excluding hydrogens is 264 g/mol. The Balaban J connectivity index is 1.91. The van der Waals surface area contributed by atoms with E-state index in [0.717, 1.165) is 18.6 Å². The molecule has 1 fully saturated rings. The second kappa shape index (κ2) is 7.26. The summed E-state index contributed by atoms with van der Waals surface area (Å²) < 4.78 is 5.12. The number of nitrogens with two attached hydrogens (primary N) is 1. The molecule has 1 aromatic rings. The van der Waals surface area contributed by atoms with Gasteiger partial charge < -0.3 is 15.8 Å². The van der Waals surface area contributed by atoms with Gasteiger partial charge in [0.15, 0.2) is 0 Å². The number of methoxy groups -OCH3 is 1. The number of carbonyl (C=O) groups is 1. The molecule has 0 bridgehead atoms. The fourth-order valence-electron chi connectivity index (χ4n) is 2.27. The minimum Gasteiger partial charge on any atom is -0.385 e. The second-order valence-electron chi connectivity index (χ2n) is 5.51. The van der Waals surface area contributed by atoms with Gasteiger partial charge >= 0.3 is 0 Å². The van der Waals surface area contributed by atoms with Gasteiger partial charge in [0.2, 0.25) is 0 Å². The molecule has 0 saturated heterocycles. The van der Waals surface area contributed by atoms with Crippen molar-refractivity contribution in [2.75, 3.05) is 26.8 Å². The highest BCUT2D eigenvalue weighted by atomic mass is 16.5. The minimum absolute atomic E-state index is 0.0462.